The lowest BCUT2D eigenvalue weighted by atomic mass is 10.1. The molecular formula is C15H17N5O2S. The maximum absolute atomic E-state index is 5.83. The smallest absolute Gasteiger partial charge is 0.210 e. The van der Waals surface area contributed by atoms with E-state index in [9.17, 15) is 0 Å². The predicted molar refractivity (Wildman–Crippen MR) is 85.2 cm³/mol. The lowest BCUT2D eigenvalue weighted by molar-refractivity contribution is 0.0631. The van der Waals surface area contributed by atoms with E-state index in [0.29, 0.717) is 11.9 Å². The number of hydrogen-bond donors (Lipinski definition) is 0. The number of fused-ring (bicyclic) bond motifs is 1. The molecule has 0 aliphatic carbocycles. The Morgan fingerprint density at radius 1 is 1.26 bits per heavy atom. The van der Waals surface area contributed by atoms with Gasteiger partial charge in [0.2, 0.25) is 11.0 Å². The summed E-state index contributed by atoms with van der Waals surface area (Å²) in [5.74, 6) is 0.692. The maximum Gasteiger partial charge on any atom is 0.210 e. The Morgan fingerprint density at radius 3 is 2.91 bits per heavy atom. The van der Waals surface area contributed by atoms with Crippen LogP contribution in [0.2, 0.25) is 0 Å². The molecule has 4 rings (SSSR count). The zero-order chi connectivity index (χ0) is 15.6. The molecule has 1 fully saturated rings. The van der Waals surface area contributed by atoms with Crippen molar-refractivity contribution in [2.24, 2.45) is 0 Å². The third-order valence-corrected chi connectivity index (χ3v) is 4.97. The molecule has 8 heteroatoms. The van der Waals surface area contributed by atoms with Crippen LogP contribution >= 0.6 is 11.8 Å². The van der Waals surface area contributed by atoms with Crippen LogP contribution in [0.1, 0.15) is 36.9 Å². The molecule has 0 amide bonds. The zero-order valence-electron chi connectivity index (χ0n) is 12.8. The first-order valence-corrected chi connectivity index (χ1v) is 8.57. The average molecular weight is 331 g/mol. The van der Waals surface area contributed by atoms with Gasteiger partial charge in [0.15, 0.2) is 5.58 Å². The van der Waals surface area contributed by atoms with Gasteiger partial charge in [-0.05, 0) is 42.3 Å². The van der Waals surface area contributed by atoms with Crippen LogP contribution in [0.4, 0.5) is 0 Å². The van der Waals surface area contributed by atoms with Crippen molar-refractivity contribution in [3.8, 4) is 0 Å². The van der Waals surface area contributed by atoms with Gasteiger partial charge in [0.25, 0.3) is 0 Å². The van der Waals surface area contributed by atoms with E-state index in [0.717, 1.165) is 42.3 Å². The summed E-state index contributed by atoms with van der Waals surface area (Å²) < 4.78 is 13.2. The molecule has 1 saturated heterocycles. The molecule has 0 bridgehead atoms. The molecule has 0 radical (unpaired) electrons. The molecule has 0 spiro atoms. The molecule has 1 atom stereocenters. The van der Waals surface area contributed by atoms with Gasteiger partial charge in [0.1, 0.15) is 5.52 Å². The molecule has 1 aliphatic rings. The molecule has 2 aromatic heterocycles. The van der Waals surface area contributed by atoms with Crippen LogP contribution in [0.3, 0.4) is 0 Å². The summed E-state index contributed by atoms with van der Waals surface area (Å²) in [6.07, 6.45) is 1.88. The number of para-hydroxylation sites is 2. The summed E-state index contributed by atoms with van der Waals surface area (Å²) >= 11 is 1.57. The zero-order valence-corrected chi connectivity index (χ0v) is 13.6. The van der Waals surface area contributed by atoms with E-state index in [2.05, 4.69) is 27.4 Å². The van der Waals surface area contributed by atoms with E-state index < -0.39 is 0 Å². The highest BCUT2D eigenvalue weighted by atomic mass is 32.2. The largest absolute Gasteiger partial charge is 0.439 e. The van der Waals surface area contributed by atoms with E-state index in [-0.39, 0.29) is 5.25 Å². The van der Waals surface area contributed by atoms with Crippen molar-refractivity contribution in [2.75, 3.05) is 13.2 Å². The Balaban J connectivity index is 1.54. The number of benzene rings is 1. The highest BCUT2D eigenvalue weighted by Gasteiger charge is 2.23. The normalized spacial score (nSPS) is 17.6. The van der Waals surface area contributed by atoms with Gasteiger partial charge in [-0.1, -0.05) is 23.9 Å². The summed E-state index contributed by atoms with van der Waals surface area (Å²) in [5, 5.41) is 13.0. The average Bonchev–Trinajstić information content (AvgIpc) is 3.22. The van der Waals surface area contributed by atoms with Gasteiger partial charge >= 0.3 is 0 Å². The van der Waals surface area contributed by atoms with Crippen LogP contribution in [-0.4, -0.2) is 38.4 Å². The van der Waals surface area contributed by atoms with Gasteiger partial charge in [0, 0.05) is 13.2 Å². The van der Waals surface area contributed by atoms with Crippen molar-refractivity contribution >= 4 is 22.9 Å². The number of oxazole rings is 1. The van der Waals surface area contributed by atoms with Gasteiger partial charge in [-0.2, -0.15) is 0 Å². The van der Waals surface area contributed by atoms with E-state index in [1.165, 1.54) is 0 Å². The molecular weight excluding hydrogens is 314 g/mol. The van der Waals surface area contributed by atoms with Crippen molar-refractivity contribution in [3.05, 3.63) is 30.2 Å². The molecule has 7 nitrogen and oxygen atoms in total. The van der Waals surface area contributed by atoms with Gasteiger partial charge < -0.3 is 9.15 Å². The molecule has 3 aromatic rings. The number of ether oxygens (including phenoxy) is 1. The summed E-state index contributed by atoms with van der Waals surface area (Å²) in [6.45, 7) is 3.57. The number of rotatable bonds is 4. The monoisotopic (exact) mass is 331 g/mol. The number of tetrazole rings is 1. The molecule has 0 N–H and O–H groups in total. The number of hydrogen-bond acceptors (Lipinski definition) is 7. The fraction of sp³-hybridized carbons (Fsp3) is 0.467. The molecule has 1 aliphatic heterocycles. The van der Waals surface area contributed by atoms with Crippen molar-refractivity contribution in [1.82, 2.24) is 25.2 Å². The van der Waals surface area contributed by atoms with E-state index in [1.807, 2.05) is 28.9 Å². The van der Waals surface area contributed by atoms with E-state index in [4.69, 9.17) is 9.15 Å². The molecule has 1 unspecified atom stereocenters. The van der Waals surface area contributed by atoms with Gasteiger partial charge in [0.05, 0.1) is 11.3 Å². The van der Waals surface area contributed by atoms with Crippen molar-refractivity contribution in [1.29, 1.82) is 0 Å². The van der Waals surface area contributed by atoms with Crippen LogP contribution < -0.4 is 0 Å². The number of nitrogens with zero attached hydrogens (tertiary/aromatic N) is 5. The quantitative estimate of drug-likeness (QED) is 0.680. The highest BCUT2D eigenvalue weighted by molar-refractivity contribution is 7.99. The molecule has 120 valence electrons. The second-order valence-corrected chi connectivity index (χ2v) is 6.84. The minimum atomic E-state index is 0.0343. The van der Waals surface area contributed by atoms with Crippen LogP contribution in [0.15, 0.2) is 33.8 Å². The fourth-order valence-corrected chi connectivity index (χ4v) is 3.59. The van der Waals surface area contributed by atoms with E-state index >= 15 is 0 Å². The second kappa shape index (κ2) is 6.29. The van der Waals surface area contributed by atoms with Crippen molar-refractivity contribution < 1.29 is 9.15 Å². The molecule has 0 saturated carbocycles. The van der Waals surface area contributed by atoms with Crippen molar-refractivity contribution in [2.45, 2.75) is 36.2 Å². The summed E-state index contributed by atoms with van der Waals surface area (Å²) in [5.41, 5.74) is 1.68. The Bertz CT molecular complexity index is 763. The first-order valence-electron chi connectivity index (χ1n) is 7.69. The maximum atomic E-state index is 5.83. The molecule has 23 heavy (non-hydrogen) atoms. The predicted octanol–water partition coefficient (Wildman–Crippen LogP) is 3.02. The minimum Gasteiger partial charge on any atom is -0.439 e. The first kappa shape index (κ1) is 14.6. The van der Waals surface area contributed by atoms with Crippen LogP contribution in [0.5, 0.6) is 0 Å². The Hall–Kier alpha value is -1.93. The first-order chi connectivity index (χ1) is 11.3. The molecule has 1 aromatic carbocycles. The van der Waals surface area contributed by atoms with Crippen molar-refractivity contribution in [3.63, 3.8) is 0 Å². The Kier molecular flexibility index (Phi) is 4.00. The highest BCUT2D eigenvalue weighted by Crippen LogP contribution is 2.36. The lowest BCUT2D eigenvalue weighted by Gasteiger charge is -2.22. The Morgan fingerprint density at radius 2 is 2.09 bits per heavy atom. The van der Waals surface area contributed by atoms with Gasteiger partial charge in [-0.25, -0.2) is 9.67 Å². The third kappa shape index (κ3) is 2.96. The minimum absolute atomic E-state index is 0.0343. The molecule has 3 heterocycles. The third-order valence-electron chi connectivity index (χ3n) is 3.94. The van der Waals surface area contributed by atoms with Crippen LogP contribution in [0, 0.1) is 0 Å². The second-order valence-electron chi connectivity index (χ2n) is 5.53. The lowest BCUT2D eigenvalue weighted by Crippen LogP contribution is -2.21. The number of thioether (sulfide) groups is 1. The fourth-order valence-electron chi connectivity index (χ4n) is 2.69. The van der Waals surface area contributed by atoms with Crippen LogP contribution in [0.25, 0.3) is 11.1 Å². The standard InChI is InChI=1S/C15H17N5O2S/c1-10(14-16-12-4-2-3-5-13(12)22-14)23-15-17-18-19-20(15)11-6-8-21-9-7-11/h2-5,10-11H,6-9H2,1H3. The van der Waals surface area contributed by atoms with Crippen LogP contribution in [-0.2, 0) is 4.74 Å². The Labute approximate surface area is 137 Å². The summed E-state index contributed by atoms with van der Waals surface area (Å²) in [7, 11) is 0. The topological polar surface area (TPSA) is 78.9 Å². The van der Waals surface area contributed by atoms with Gasteiger partial charge in [-0.15, -0.1) is 5.10 Å². The number of aromatic nitrogens is 5. The SMILES string of the molecule is CC(Sc1nnnn1C1CCOCC1)c1nc2ccccc2o1. The van der Waals surface area contributed by atoms with Gasteiger partial charge in [-0.3, -0.25) is 0 Å². The van der Waals surface area contributed by atoms with E-state index in [1.54, 1.807) is 11.8 Å². The summed E-state index contributed by atoms with van der Waals surface area (Å²) in [6, 6.07) is 8.08. The summed E-state index contributed by atoms with van der Waals surface area (Å²) in [4.78, 5) is 4.55.